The number of urea groups is 1. The fourth-order valence-corrected chi connectivity index (χ4v) is 3.43. The van der Waals surface area contributed by atoms with E-state index in [2.05, 4.69) is 34.1 Å². The molecular weight excluding hydrogens is 379 g/mol. The molecule has 9 heteroatoms. The molecule has 1 heterocycles. The number of rotatable bonds is 9. The fraction of sp³-hybridized carbons (Fsp3) is 0.389. The van der Waals surface area contributed by atoms with Crippen LogP contribution >= 0.6 is 11.3 Å². The van der Waals surface area contributed by atoms with Crippen LogP contribution in [0.15, 0.2) is 35.0 Å². The van der Waals surface area contributed by atoms with Gasteiger partial charge in [-0.3, -0.25) is 4.90 Å². The first kappa shape index (κ1) is 21.0. The van der Waals surface area contributed by atoms with E-state index in [9.17, 15) is 18.0 Å². The summed E-state index contributed by atoms with van der Waals surface area (Å²) in [6, 6.07) is 4.80. The van der Waals surface area contributed by atoms with E-state index < -0.39 is 24.2 Å². The molecule has 2 amide bonds. The van der Waals surface area contributed by atoms with Gasteiger partial charge in [-0.15, -0.1) is 0 Å². The maximum Gasteiger partial charge on any atom is 0.387 e. The number of halogens is 3. The van der Waals surface area contributed by atoms with E-state index in [1.807, 2.05) is 16.8 Å². The van der Waals surface area contributed by atoms with Gasteiger partial charge in [0.15, 0.2) is 11.6 Å². The van der Waals surface area contributed by atoms with E-state index in [0.717, 1.165) is 30.8 Å². The number of thiophene rings is 1. The number of ether oxygens (including phenoxy) is 1. The van der Waals surface area contributed by atoms with Gasteiger partial charge in [-0.1, -0.05) is 13.8 Å². The second kappa shape index (κ2) is 10.2. The molecule has 0 aliphatic heterocycles. The highest BCUT2D eigenvalue weighted by Gasteiger charge is 2.19. The van der Waals surface area contributed by atoms with Gasteiger partial charge in [-0.2, -0.15) is 20.1 Å². The van der Waals surface area contributed by atoms with Crippen molar-refractivity contribution < 1.29 is 22.7 Å². The molecule has 1 aromatic carbocycles. The molecule has 0 saturated carbocycles. The molecule has 1 aromatic heterocycles. The first-order valence-electron chi connectivity index (χ1n) is 8.49. The molecule has 1 unspecified atom stereocenters. The lowest BCUT2D eigenvalue weighted by molar-refractivity contribution is -0.0521. The van der Waals surface area contributed by atoms with Crippen molar-refractivity contribution in [3.8, 4) is 5.75 Å². The van der Waals surface area contributed by atoms with Crippen LogP contribution in [0.5, 0.6) is 5.75 Å². The number of carbonyl (C=O) groups excluding carboxylic acids is 1. The van der Waals surface area contributed by atoms with Crippen LogP contribution in [-0.2, 0) is 0 Å². The third-order valence-corrected chi connectivity index (χ3v) is 4.74. The number of benzene rings is 1. The van der Waals surface area contributed by atoms with Crippen LogP contribution < -0.4 is 15.4 Å². The normalized spacial score (nSPS) is 12.3. The Labute approximate surface area is 160 Å². The number of carbonyl (C=O) groups is 1. The van der Waals surface area contributed by atoms with E-state index in [-0.39, 0.29) is 11.7 Å². The molecule has 0 bridgehead atoms. The Morgan fingerprint density at radius 1 is 1.26 bits per heavy atom. The monoisotopic (exact) mass is 401 g/mol. The van der Waals surface area contributed by atoms with Crippen LogP contribution in [0, 0.1) is 5.82 Å². The minimum atomic E-state index is -3.12. The summed E-state index contributed by atoms with van der Waals surface area (Å²) in [5.74, 6) is -1.55. The summed E-state index contributed by atoms with van der Waals surface area (Å²) in [6.07, 6.45) is 0. The van der Waals surface area contributed by atoms with Crippen molar-refractivity contribution in [2.24, 2.45) is 0 Å². The number of anilines is 1. The summed E-state index contributed by atoms with van der Waals surface area (Å²) in [4.78, 5) is 14.4. The SMILES string of the molecule is CCN(CC)C(CNC(=O)Nc1ccc(OC(F)F)c(F)c1)c1ccsc1. The third kappa shape index (κ3) is 6.14. The van der Waals surface area contributed by atoms with Crippen LogP contribution in [0.25, 0.3) is 0 Å². The first-order chi connectivity index (χ1) is 12.9. The predicted octanol–water partition coefficient (Wildman–Crippen LogP) is 4.69. The highest BCUT2D eigenvalue weighted by atomic mass is 32.1. The van der Waals surface area contributed by atoms with Gasteiger partial charge in [0.05, 0.1) is 6.04 Å². The molecule has 0 aliphatic rings. The molecule has 0 radical (unpaired) electrons. The summed E-state index contributed by atoms with van der Waals surface area (Å²) >= 11 is 1.59. The zero-order chi connectivity index (χ0) is 19.8. The topological polar surface area (TPSA) is 53.6 Å². The van der Waals surface area contributed by atoms with Crippen LogP contribution in [0.4, 0.5) is 23.7 Å². The molecule has 0 spiro atoms. The smallest absolute Gasteiger partial charge is 0.387 e. The Balaban J connectivity index is 1.97. The molecule has 5 nitrogen and oxygen atoms in total. The number of hydrogen-bond donors (Lipinski definition) is 2. The average Bonchev–Trinajstić information content (AvgIpc) is 3.15. The highest BCUT2D eigenvalue weighted by molar-refractivity contribution is 7.07. The van der Waals surface area contributed by atoms with Crippen molar-refractivity contribution in [1.29, 1.82) is 0 Å². The molecule has 0 saturated heterocycles. The Hall–Kier alpha value is -2.26. The maximum atomic E-state index is 13.7. The second-order valence-corrected chi connectivity index (χ2v) is 6.43. The van der Waals surface area contributed by atoms with Gasteiger partial charge in [-0.25, -0.2) is 9.18 Å². The number of nitrogens with one attached hydrogen (secondary N) is 2. The van der Waals surface area contributed by atoms with Crippen LogP contribution in [0.3, 0.4) is 0 Å². The lowest BCUT2D eigenvalue weighted by atomic mass is 10.1. The Kier molecular flexibility index (Phi) is 7.93. The minimum Gasteiger partial charge on any atom is -0.432 e. The number of alkyl halides is 2. The average molecular weight is 401 g/mol. The van der Waals surface area contributed by atoms with E-state index in [1.54, 1.807) is 11.3 Å². The van der Waals surface area contributed by atoms with Crippen molar-refractivity contribution in [2.45, 2.75) is 26.5 Å². The quantitative estimate of drug-likeness (QED) is 0.641. The Morgan fingerprint density at radius 3 is 2.56 bits per heavy atom. The number of amides is 2. The predicted molar refractivity (Wildman–Crippen MR) is 100 cm³/mol. The number of nitrogens with zero attached hydrogens (tertiary/aromatic N) is 1. The van der Waals surface area contributed by atoms with E-state index >= 15 is 0 Å². The van der Waals surface area contributed by atoms with Crippen LogP contribution in [0.1, 0.15) is 25.5 Å². The van der Waals surface area contributed by atoms with Crippen molar-refractivity contribution in [2.75, 3.05) is 25.0 Å². The van der Waals surface area contributed by atoms with Crippen molar-refractivity contribution in [1.82, 2.24) is 10.2 Å². The summed E-state index contributed by atoms with van der Waals surface area (Å²) in [5, 5.41) is 9.29. The van der Waals surface area contributed by atoms with Gasteiger partial charge >= 0.3 is 12.6 Å². The van der Waals surface area contributed by atoms with E-state index in [0.29, 0.717) is 6.54 Å². The summed E-state index contributed by atoms with van der Waals surface area (Å²) in [7, 11) is 0. The Morgan fingerprint density at radius 2 is 2.00 bits per heavy atom. The zero-order valence-corrected chi connectivity index (χ0v) is 15.9. The molecule has 148 valence electrons. The van der Waals surface area contributed by atoms with Crippen LogP contribution in [0.2, 0.25) is 0 Å². The van der Waals surface area contributed by atoms with Gasteiger partial charge < -0.3 is 15.4 Å². The van der Waals surface area contributed by atoms with E-state index in [1.165, 1.54) is 6.07 Å². The summed E-state index contributed by atoms with van der Waals surface area (Å²) in [6.45, 7) is 3.02. The third-order valence-electron chi connectivity index (χ3n) is 4.04. The molecule has 2 aromatic rings. The number of hydrogen-bond acceptors (Lipinski definition) is 4. The number of likely N-dealkylation sites (N-methyl/N-ethyl adjacent to an activating group) is 1. The molecule has 2 rings (SSSR count). The summed E-state index contributed by atoms with van der Waals surface area (Å²) < 4.78 is 42.1. The van der Waals surface area contributed by atoms with Gasteiger partial charge in [-0.05, 0) is 47.6 Å². The van der Waals surface area contributed by atoms with Gasteiger partial charge in [0.25, 0.3) is 0 Å². The fourth-order valence-electron chi connectivity index (χ4n) is 2.72. The van der Waals surface area contributed by atoms with Gasteiger partial charge in [0.1, 0.15) is 0 Å². The molecular formula is C18H22F3N3O2S. The van der Waals surface area contributed by atoms with E-state index in [4.69, 9.17) is 0 Å². The molecule has 0 aliphatic carbocycles. The standard InChI is InChI=1S/C18H22F3N3O2S/c1-3-24(4-2)15(12-7-8-27-11-12)10-22-18(25)23-13-5-6-16(14(19)9-13)26-17(20)21/h5-9,11,15,17H,3-4,10H2,1-2H3,(H2,22,23,25). The lowest BCUT2D eigenvalue weighted by Crippen LogP contribution is -2.39. The first-order valence-corrected chi connectivity index (χ1v) is 9.44. The van der Waals surface area contributed by atoms with Crippen molar-refractivity contribution in [3.05, 3.63) is 46.4 Å². The zero-order valence-electron chi connectivity index (χ0n) is 15.0. The van der Waals surface area contributed by atoms with Crippen molar-refractivity contribution >= 4 is 23.1 Å². The van der Waals surface area contributed by atoms with Crippen LogP contribution in [-0.4, -0.2) is 37.2 Å². The molecule has 0 fully saturated rings. The maximum absolute atomic E-state index is 13.7. The largest absolute Gasteiger partial charge is 0.432 e. The Bertz CT molecular complexity index is 725. The molecule has 27 heavy (non-hydrogen) atoms. The molecule has 2 N–H and O–H groups in total. The lowest BCUT2D eigenvalue weighted by Gasteiger charge is -2.29. The minimum absolute atomic E-state index is 0.0237. The second-order valence-electron chi connectivity index (χ2n) is 5.65. The molecule has 1 atom stereocenters. The van der Waals surface area contributed by atoms with Gasteiger partial charge in [0, 0.05) is 18.3 Å². The summed E-state index contributed by atoms with van der Waals surface area (Å²) in [5.41, 5.74) is 1.25. The van der Waals surface area contributed by atoms with Crippen molar-refractivity contribution in [3.63, 3.8) is 0 Å². The van der Waals surface area contributed by atoms with Gasteiger partial charge in [0.2, 0.25) is 0 Å². The highest BCUT2D eigenvalue weighted by Crippen LogP contribution is 2.24.